The van der Waals surface area contributed by atoms with Crippen LogP contribution in [-0.4, -0.2) is 41.7 Å². The Labute approximate surface area is 187 Å². The van der Waals surface area contributed by atoms with E-state index >= 15 is 0 Å². The summed E-state index contributed by atoms with van der Waals surface area (Å²) in [6.07, 6.45) is 4.32. The van der Waals surface area contributed by atoms with E-state index in [2.05, 4.69) is 25.6 Å². The van der Waals surface area contributed by atoms with E-state index in [1.165, 1.54) is 24.2 Å². The third-order valence-electron chi connectivity index (χ3n) is 4.72. The molecule has 1 atom stereocenters. The monoisotopic (exact) mass is 445 g/mol. The van der Waals surface area contributed by atoms with Crippen molar-refractivity contribution in [2.75, 3.05) is 19.8 Å². The third kappa shape index (κ3) is 6.92. The quantitative estimate of drug-likeness (QED) is 0.327. The van der Waals surface area contributed by atoms with Gasteiger partial charge in [-0.2, -0.15) is 0 Å². The normalized spacial score (nSPS) is 14.8. The number of rotatable bonds is 10. The molecular formula is C22H31N5O3S. The fraction of sp³-hybridized carbons (Fsp3) is 0.545. The maximum absolute atomic E-state index is 12.1. The van der Waals surface area contributed by atoms with Gasteiger partial charge in [-0.3, -0.25) is 0 Å². The maximum Gasteiger partial charge on any atom is 0.350 e. The number of carbonyl (C=O) groups is 1. The molecule has 9 heteroatoms. The number of aromatic nitrogens is 2. The number of carbonyl (C=O) groups excluding carboxylic acids is 1. The van der Waals surface area contributed by atoms with Crippen LogP contribution in [0.4, 0.5) is 0 Å². The van der Waals surface area contributed by atoms with Gasteiger partial charge in [-0.1, -0.05) is 6.07 Å². The predicted octanol–water partition coefficient (Wildman–Crippen LogP) is 3.63. The van der Waals surface area contributed by atoms with Crippen LogP contribution < -0.4 is 15.4 Å². The highest BCUT2D eigenvalue weighted by molar-refractivity contribution is 7.13. The maximum atomic E-state index is 12.1. The van der Waals surface area contributed by atoms with E-state index in [0.29, 0.717) is 41.5 Å². The summed E-state index contributed by atoms with van der Waals surface area (Å²) in [6.45, 7) is 9.95. The number of nitrogens with one attached hydrogen (secondary N) is 2. The minimum absolute atomic E-state index is 0.110. The van der Waals surface area contributed by atoms with Crippen LogP contribution in [0.2, 0.25) is 0 Å². The number of aliphatic imine (C=N–C) groups is 1. The highest BCUT2D eigenvalue weighted by atomic mass is 32.1. The second-order valence-electron chi connectivity index (χ2n) is 7.51. The Hall–Kier alpha value is -2.68. The van der Waals surface area contributed by atoms with Crippen molar-refractivity contribution in [3.63, 3.8) is 0 Å². The van der Waals surface area contributed by atoms with Crippen molar-refractivity contribution in [3.8, 4) is 5.88 Å². The Morgan fingerprint density at radius 3 is 2.81 bits per heavy atom. The van der Waals surface area contributed by atoms with Crippen molar-refractivity contribution in [2.45, 2.75) is 53.1 Å². The largest absolute Gasteiger partial charge is 0.477 e. The van der Waals surface area contributed by atoms with E-state index in [4.69, 9.17) is 9.47 Å². The molecule has 3 rings (SSSR count). The lowest BCUT2D eigenvalue weighted by molar-refractivity contribution is 0.0531. The molecule has 0 saturated heterocycles. The van der Waals surface area contributed by atoms with Gasteiger partial charge in [0.1, 0.15) is 9.88 Å². The van der Waals surface area contributed by atoms with Crippen molar-refractivity contribution in [3.05, 3.63) is 39.5 Å². The SMILES string of the molecule is CCNC(=NCc1ccc(OCC2CC2)nc1)NC(C)c1nc(C)c(C(=O)OCC)s1. The summed E-state index contributed by atoms with van der Waals surface area (Å²) in [6, 6.07) is 3.77. The number of hydrogen-bond donors (Lipinski definition) is 2. The number of nitrogens with zero attached hydrogens (tertiary/aromatic N) is 3. The summed E-state index contributed by atoms with van der Waals surface area (Å²) >= 11 is 1.35. The molecule has 1 aliphatic rings. The first-order chi connectivity index (χ1) is 15.0. The van der Waals surface area contributed by atoms with Gasteiger partial charge in [0.2, 0.25) is 5.88 Å². The lowest BCUT2D eigenvalue weighted by Crippen LogP contribution is -2.38. The fourth-order valence-electron chi connectivity index (χ4n) is 2.82. The summed E-state index contributed by atoms with van der Waals surface area (Å²) in [4.78, 5) is 26.2. The molecule has 31 heavy (non-hydrogen) atoms. The van der Waals surface area contributed by atoms with Gasteiger partial charge in [-0.05, 0) is 52.0 Å². The number of thiazole rings is 1. The van der Waals surface area contributed by atoms with Gasteiger partial charge < -0.3 is 20.1 Å². The topological polar surface area (TPSA) is 97.7 Å². The number of hydrogen-bond acceptors (Lipinski definition) is 7. The number of aryl methyl sites for hydroxylation is 1. The first-order valence-corrected chi connectivity index (χ1v) is 11.6. The van der Waals surface area contributed by atoms with E-state index in [9.17, 15) is 4.79 Å². The second kappa shape index (κ2) is 11.1. The van der Waals surface area contributed by atoms with E-state index in [1.54, 1.807) is 13.1 Å². The molecule has 1 aliphatic carbocycles. The zero-order valence-electron chi connectivity index (χ0n) is 18.6. The molecule has 2 aromatic heterocycles. The Kier molecular flexibility index (Phi) is 8.22. The van der Waals surface area contributed by atoms with Crippen LogP contribution in [0.25, 0.3) is 0 Å². The second-order valence-corrected chi connectivity index (χ2v) is 8.54. The fourth-order valence-corrected chi connectivity index (χ4v) is 3.79. The Morgan fingerprint density at radius 2 is 2.16 bits per heavy atom. The molecule has 1 fully saturated rings. The average molecular weight is 446 g/mol. The van der Waals surface area contributed by atoms with E-state index in [1.807, 2.05) is 32.9 Å². The number of pyridine rings is 1. The van der Waals surface area contributed by atoms with E-state index in [-0.39, 0.29) is 12.0 Å². The number of guanidine groups is 1. The van der Waals surface area contributed by atoms with Crippen molar-refractivity contribution in [2.24, 2.45) is 10.9 Å². The standard InChI is InChI=1S/C22H31N5O3S/c1-5-23-22(25-12-17-9-10-18(24-11-17)30-13-16-7-8-16)27-15(4)20-26-14(3)19(31-20)21(28)29-6-2/h9-11,15-16H,5-8,12-13H2,1-4H3,(H2,23,25,27). The molecule has 1 unspecified atom stereocenters. The molecule has 0 bridgehead atoms. The van der Waals surface area contributed by atoms with E-state index < -0.39 is 0 Å². The molecule has 2 heterocycles. The van der Waals surface area contributed by atoms with Gasteiger partial charge in [0.25, 0.3) is 0 Å². The molecule has 8 nitrogen and oxygen atoms in total. The van der Waals surface area contributed by atoms with Crippen LogP contribution in [-0.2, 0) is 11.3 Å². The summed E-state index contributed by atoms with van der Waals surface area (Å²) in [5, 5.41) is 7.41. The summed E-state index contributed by atoms with van der Waals surface area (Å²) in [7, 11) is 0. The molecule has 0 aromatic carbocycles. The summed E-state index contributed by atoms with van der Waals surface area (Å²) in [5.41, 5.74) is 1.68. The van der Waals surface area contributed by atoms with Crippen molar-refractivity contribution in [1.29, 1.82) is 0 Å². The Bertz CT molecular complexity index is 893. The molecule has 0 spiro atoms. The van der Waals surface area contributed by atoms with Crippen LogP contribution in [0, 0.1) is 12.8 Å². The molecule has 0 aliphatic heterocycles. The minimum Gasteiger partial charge on any atom is -0.477 e. The van der Waals surface area contributed by atoms with Crippen LogP contribution in [0.15, 0.2) is 23.3 Å². The zero-order chi connectivity index (χ0) is 22.2. The lowest BCUT2D eigenvalue weighted by Gasteiger charge is -2.16. The Balaban J connectivity index is 1.59. The van der Waals surface area contributed by atoms with Gasteiger partial charge in [0.15, 0.2) is 5.96 Å². The molecule has 2 N–H and O–H groups in total. The first kappa shape index (κ1) is 23.0. The molecule has 1 saturated carbocycles. The minimum atomic E-state index is -0.325. The van der Waals surface area contributed by atoms with Crippen LogP contribution in [0.1, 0.15) is 65.6 Å². The molecular weight excluding hydrogens is 414 g/mol. The van der Waals surface area contributed by atoms with Crippen LogP contribution in [0.5, 0.6) is 5.88 Å². The van der Waals surface area contributed by atoms with Gasteiger partial charge in [0.05, 0.1) is 31.5 Å². The molecule has 2 aromatic rings. The van der Waals surface area contributed by atoms with Gasteiger partial charge >= 0.3 is 5.97 Å². The highest BCUT2D eigenvalue weighted by Crippen LogP contribution is 2.29. The predicted molar refractivity (Wildman–Crippen MR) is 122 cm³/mol. The lowest BCUT2D eigenvalue weighted by atomic mass is 10.3. The van der Waals surface area contributed by atoms with Gasteiger partial charge in [-0.25, -0.2) is 19.8 Å². The first-order valence-electron chi connectivity index (χ1n) is 10.8. The molecule has 0 amide bonds. The van der Waals surface area contributed by atoms with Gasteiger partial charge in [0, 0.05) is 18.8 Å². The number of ether oxygens (including phenoxy) is 2. The smallest absolute Gasteiger partial charge is 0.350 e. The van der Waals surface area contributed by atoms with Crippen molar-refractivity contribution >= 4 is 23.3 Å². The molecule has 168 valence electrons. The third-order valence-corrected chi connectivity index (χ3v) is 6.04. The molecule has 0 radical (unpaired) electrons. The van der Waals surface area contributed by atoms with E-state index in [0.717, 1.165) is 23.7 Å². The van der Waals surface area contributed by atoms with Crippen LogP contribution in [0.3, 0.4) is 0 Å². The summed E-state index contributed by atoms with van der Waals surface area (Å²) < 4.78 is 10.8. The zero-order valence-corrected chi connectivity index (χ0v) is 19.4. The van der Waals surface area contributed by atoms with Crippen molar-refractivity contribution < 1.29 is 14.3 Å². The average Bonchev–Trinajstić information content (AvgIpc) is 3.51. The Morgan fingerprint density at radius 1 is 1.35 bits per heavy atom. The van der Waals surface area contributed by atoms with Crippen LogP contribution >= 0.6 is 11.3 Å². The van der Waals surface area contributed by atoms with Gasteiger partial charge in [-0.15, -0.1) is 11.3 Å². The highest BCUT2D eigenvalue weighted by Gasteiger charge is 2.22. The number of esters is 1. The summed E-state index contributed by atoms with van der Waals surface area (Å²) in [5.74, 6) is 1.72. The van der Waals surface area contributed by atoms with Crippen molar-refractivity contribution in [1.82, 2.24) is 20.6 Å².